The van der Waals surface area contributed by atoms with Crippen molar-refractivity contribution in [3.8, 4) is 0 Å². The first-order valence-electron chi connectivity index (χ1n) is 5.73. The Hall–Kier alpha value is -2.24. The van der Waals surface area contributed by atoms with E-state index in [0.717, 1.165) is 0 Å². The molecule has 3 N–H and O–H groups in total. The van der Waals surface area contributed by atoms with Crippen LogP contribution >= 0.6 is 0 Å². The average Bonchev–Trinajstić information content (AvgIpc) is 2.75. The number of anilines is 2. The minimum absolute atomic E-state index is 0.174. The number of para-hydroxylation sites is 2. The largest absolute Gasteiger partial charge is 0.448 e. The molecule has 1 saturated heterocycles. The van der Waals surface area contributed by atoms with Gasteiger partial charge in [0.15, 0.2) is 0 Å². The van der Waals surface area contributed by atoms with E-state index in [0.29, 0.717) is 31.1 Å². The zero-order valence-corrected chi connectivity index (χ0v) is 9.89. The van der Waals surface area contributed by atoms with Crippen LogP contribution < -0.4 is 11.1 Å². The van der Waals surface area contributed by atoms with E-state index in [1.807, 2.05) is 0 Å². The first-order valence-corrected chi connectivity index (χ1v) is 5.73. The second-order valence-electron chi connectivity index (χ2n) is 3.99. The minimum atomic E-state index is -0.359. The zero-order chi connectivity index (χ0) is 13.0. The van der Waals surface area contributed by atoms with Crippen LogP contribution in [-0.4, -0.2) is 36.6 Å². The van der Waals surface area contributed by atoms with Gasteiger partial charge < -0.3 is 20.7 Å². The molecule has 1 aliphatic rings. The molecule has 2 rings (SSSR count). The van der Waals surface area contributed by atoms with Gasteiger partial charge in [-0.1, -0.05) is 12.1 Å². The third kappa shape index (κ3) is 2.91. The maximum atomic E-state index is 11.7. The summed E-state index contributed by atoms with van der Waals surface area (Å²) < 4.78 is 4.77. The fourth-order valence-electron chi connectivity index (χ4n) is 1.69. The van der Waals surface area contributed by atoms with Gasteiger partial charge in [-0.25, -0.2) is 4.79 Å². The molecule has 0 unspecified atom stereocenters. The molecular formula is C12H15N3O3. The summed E-state index contributed by atoms with van der Waals surface area (Å²) in [5, 5.41) is 2.71. The number of hydrogen-bond acceptors (Lipinski definition) is 4. The number of cyclic esters (lactones) is 1. The summed E-state index contributed by atoms with van der Waals surface area (Å²) in [6.45, 7) is 1.29. The molecule has 1 aromatic carbocycles. The predicted molar refractivity (Wildman–Crippen MR) is 67.0 cm³/mol. The molecule has 6 nitrogen and oxygen atoms in total. The molecule has 1 fully saturated rings. The third-order valence-corrected chi connectivity index (χ3v) is 2.69. The topological polar surface area (TPSA) is 84.7 Å². The first-order chi connectivity index (χ1) is 8.66. The van der Waals surface area contributed by atoms with E-state index >= 15 is 0 Å². The number of rotatable bonds is 4. The highest BCUT2D eigenvalue weighted by atomic mass is 16.6. The van der Waals surface area contributed by atoms with E-state index < -0.39 is 0 Å². The smallest absolute Gasteiger partial charge is 0.409 e. The highest BCUT2D eigenvalue weighted by molar-refractivity contribution is 5.94. The number of nitrogens with one attached hydrogen (secondary N) is 1. The Morgan fingerprint density at radius 3 is 2.89 bits per heavy atom. The lowest BCUT2D eigenvalue weighted by molar-refractivity contribution is -0.116. The van der Waals surface area contributed by atoms with Crippen LogP contribution in [0.25, 0.3) is 0 Å². The van der Waals surface area contributed by atoms with E-state index in [9.17, 15) is 9.59 Å². The van der Waals surface area contributed by atoms with Crippen molar-refractivity contribution in [1.29, 1.82) is 0 Å². The van der Waals surface area contributed by atoms with Crippen molar-refractivity contribution >= 4 is 23.4 Å². The first kappa shape index (κ1) is 12.2. The lowest BCUT2D eigenvalue weighted by atomic mass is 10.2. The molecule has 0 saturated carbocycles. The highest BCUT2D eigenvalue weighted by Gasteiger charge is 2.22. The zero-order valence-electron chi connectivity index (χ0n) is 9.89. The normalized spacial score (nSPS) is 14.4. The Morgan fingerprint density at radius 2 is 2.22 bits per heavy atom. The van der Waals surface area contributed by atoms with Gasteiger partial charge in [0.25, 0.3) is 0 Å². The van der Waals surface area contributed by atoms with Crippen molar-refractivity contribution in [2.75, 3.05) is 30.7 Å². The molecule has 1 heterocycles. The second kappa shape index (κ2) is 5.39. The Bertz CT molecular complexity index is 462. The van der Waals surface area contributed by atoms with Crippen molar-refractivity contribution in [2.45, 2.75) is 6.42 Å². The van der Waals surface area contributed by atoms with Crippen molar-refractivity contribution in [2.24, 2.45) is 0 Å². The molecule has 0 aliphatic carbocycles. The molecular weight excluding hydrogens is 234 g/mol. The van der Waals surface area contributed by atoms with Crippen LogP contribution in [0.2, 0.25) is 0 Å². The maximum absolute atomic E-state index is 11.7. The number of amides is 2. The lowest BCUT2D eigenvalue weighted by Gasteiger charge is -2.12. The van der Waals surface area contributed by atoms with Crippen LogP contribution in [0.15, 0.2) is 24.3 Å². The number of ether oxygens (including phenoxy) is 1. The van der Waals surface area contributed by atoms with Crippen molar-refractivity contribution in [3.63, 3.8) is 0 Å². The minimum Gasteiger partial charge on any atom is -0.448 e. The molecule has 6 heteroatoms. The molecule has 0 bridgehead atoms. The average molecular weight is 249 g/mol. The Labute approximate surface area is 105 Å². The summed E-state index contributed by atoms with van der Waals surface area (Å²) >= 11 is 0. The predicted octanol–water partition coefficient (Wildman–Crippen LogP) is 1.05. The van der Waals surface area contributed by atoms with Crippen LogP contribution in [0, 0.1) is 0 Å². The number of benzene rings is 1. The fourth-order valence-corrected chi connectivity index (χ4v) is 1.69. The number of carbonyl (C=O) groups excluding carboxylic acids is 2. The van der Waals surface area contributed by atoms with Gasteiger partial charge in [0, 0.05) is 13.0 Å². The maximum Gasteiger partial charge on any atom is 0.409 e. The van der Waals surface area contributed by atoms with Crippen LogP contribution in [0.3, 0.4) is 0 Å². The van der Waals surface area contributed by atoms with Crippen molar-refractivity contribution < 1.29 is 14.3 Å². The standard InChI is InChI=1S/C12H15N3O3/c13-9-3-1-2-4-10(9)14-11(16)5-6-15-7-8-18-12(15)17/h1-4H,5-8,13H2,(H,14,16). The summed E-state index contributed by atoms with van der Waals surface area (Å²) in [6, 6.07) is 7.04. The summed E-state index contributed by atoms with van der Waals surface area (Å²) in [6.07, 6.45) is -0.134. The SMILES string of the molecule is Nc1ccccc1NC(=O)CCN1CCOC1=O. The van der Waals surface area contributed by atoms with Gasteiger partial charge in [-0.05, 0) is 12.1 Å². The number of carbonyl (C=O) groups is 2. The summed E-state index contributed by atoms with van der Waals surface area (Å²) in [5.74, 6) is -0.174. The highest BCUT2D eigenvalue weighted by Crippen LogP contribution is 2.16. The van der Waals surface area contributed by atoms with Crippen LogP contribution in [0.4, 0.5) is 16.2 Å². The van der Waals surface area contributed by atoms with Crippen LogP contribution in [0.5, 0.6) is 0 Å². The van der Waals surface area contributed by atoms with E-state index in [4.69, 9.17) is 10.5 Å². The number of nitrogens with zero attached hydrogens (tertiary/aromatic N) is 1. The van der Waals surface area contributed by atoms with Gasteiger partial charge in [0.05, 0.1) is 17.9 Å². The quantitative estimate of drug-likeness (QED) is 0.781. The fraction of sp³-hybridized carbons (Fsp3) is 0.333. The molecule has 1 aromatic rings. The molecule has 0 spiro atoms. The Balaban J connectivity index is 1.82. The number of nitrogen functional groups attached to an aromatic ring is 1. The van der Waals surface area contributed by atoms with E-state index in [-0.39, 0.29) is 18.4 Å². The molecule has 0 radical (unpaired) electrons. The van der Waals surface area contributed by atoms with E-state index in [1.54, 1.807) is 24.3 Å². The van der Waals surface area contributed by atoms with Crippen LogP contribution in [0.1, 0.15) is 6.42 Å². The lowest BCUT2D eigenvalue weighted by Crippen LogP contribution is -2.28. The Kier molecular flexibility index (Phi) is 3.66. The van der Waals surface area contributed by atoms with Gasteiger partial charge in [0.2, 0.25) is 5.91 Å². The van der Waals surface area contributed by atoms with Crippen LogP contribution in [-0.2, 0) is 9.53 Å². The summed E-state index contributed by atoms with van der Waals surface area (Å²) in [7, 11) is 0. The van der Waals surface area contributed by atoms with E-state index in [1.165, 1.54) is 4.90 Å². The summed E-state index contributed by atoms with van der Waals surface area (Å²) in [4.78, 5) is 24.3. The Morgan fingerprint density at radius 1 is 1.44 bits per heavy atom. The molecule has 0 atom stereocenters. The van der Waals surface area contributed by atoms with E-state index in [2.05, 4.69) is 5.32 Å². The third-order valence-electron chi connectivity index (χ3n) is 2.69. The van der Waals surface area contributed by atoms with Gasteiger partial charge in [-0.2, -0.15) is 0 Å². The molecule has 0 aromatic heterocycles. The molecule has 2 amide bonds. The van der Waals surface area contributed by atoms with Crippen molar-refractivity contribution in [1.82, 2.24) is 4.90 Å². The van der Waals surface area contributed by atoms with Crippen molar-refractivity contribution in [3.05, 3.63) is 24.3 Å². The molecule has 18 heavy (non-hydrogen) atoms. The second-order valence-corrected chi connectivity index (χ2v) is 3.99. The number of nitrogens with two attached hydrogens (primary N) is 1. The van der Waals surface area contributed by atoms with Gasteiger partial charge in [-0.3, -0.25) is 4.79 Å². The number of hydrogen-bond donors (Lipinski definition) is 2. The molecule has 96 valence electrons. The summed E-state index contributed by atoms with van der Waals surface area (Å²) in [5.41, 5.74) is 6.82. The van der Waals surface area contributed by atoms with Gasteiger partial charge in [0.1, 0.15) is 6.61 Å². The van der Waals surface area contributed by atoms with Gasteiger partial charge in [-0.15, -0.1) is 0 Å². The van der Waals surface area contributed by atoms with Gasteiger partial charge >= 0.3 is 6.09 Å². The monoisotopic (exact) mass is 249 g/mol. The molecule has 1 aliphatic heterocycles.